The molecule has 0 aromatic rings. The molecule has 0 aliphatic heterocycles. The maximum absolute atomic E-state index is 11.9. The summed E-state index contributed by atoms with van der Waals surface area (Å²) in [5.41, 5.74) is -0.110. The second kappa shape index (κ2) is 3.65. The molecule has 80 valence electrons. The minimum Gasteiger partial charge on any atom is -0.396 e. The fraction of sp³-hybridized carbons (Fsp3) is 0.917. The number of hydrogen-bond acceptors (Lipinski definition) is 2. The van der Waals surface area contributed by atoms with Crippen LogP contribution < -0.4 is 0 Å². The predicted molar refractivity (Wildman–Crippen MR) is 54.9 cm³/mol. The van der Waals surface area contributed by atoms with Gasteiger partial charge in [0.15, 0.2) is 0 Å². The van der Waals surface area contributed by atoms with E-state index in [1.54, 1.807) is 0 Å². The van der Waals surface area contributed by atoms with Crippen molar-refractivity contribution in [3.63, 3.8) is 0 Å². The second-order valence-electron chi connectivity index (χ2n) is 5.18. The van der Waals surface area contributed by atoms with E-state index in [1.807, 2.05) is 0 Å². The minimum atomic E-state index is -0.110. The number of ketones is 1. The predicted octanol–water partition coefficient (Wildman–Crippen LogP) is 2.15. The van der Waals surface area contributed by atoms with Gasteiger partial charge in [-0.25, -0.2) is 0 Å². The van der Waals surface area contributed by atoms with E-state index >= 15 is 0 Å². The second-order valence-corrected chi connectivity index (χ2v) is 5.18. The van der Waals surface area contributed by atoms with E-state index in [0.29, 0.717) is 12.2 Å². The van der Waals surface area contributed by atoms with Gasteiger partial charge < -0.3 is 5.11 Å². The Hall–Kier alpha value is -0.370. The Balaban J connectivity index is 2.15. The van der Waals surface area contributed by atoms with Gasteiger partial charge in [0, 0.05) is 18.4 Å². The van der Waals surface area contributed by atoms with Gasteiger partial charge in [0.05, 0.1) is 0 Å². The van der Waals surface area contributed by atoms with Gasteiger partial charge in [0.25, 0.3) is 0 Å². The minimum absolute atomic E-state index is 0.110. The number of carbonyl (C=O) groups is 1. The van der Waals surface area contributed by atoms with E-state index in [2.05, 4.69) is 6.92 Å². The first-order valence-electron chi connectivity index (χ1n) is 5.83. The number of carbonyl (C=O) groups excluding carboxylic acids is 1. The molecule has 0 bridgehead atoms. The molecule has 0 aromatic heterocycles. The van der Waals surface area contributed by atoms with Crippen molar-refractivity contribution in [3.05, 3.63) is 0 Å². The Kier molecular flexibility index (Phi) is 2.65. The summed E-state index contributed by atoms with van der Waals surface area (Å²) >= 11 is 0. The Labute approximate surface area is 85.7 Å². The molecule has 0 amide bonds. The number of rotatable bonds is 1. The van der Waals surface area contributed by atoms with Crippen molar-refractivity contribution in [1.29, 1.82) is 0 Å². The van der Waals surface area contributed by atoms with Crippen molar-refractivity contribution in [1.82, 2.24) is 0 Å². The highest BCUT2D eigenvalue weighted by Gasteiger charge is 2.50. The molecular weight excluding hydrogens is 176 g/mol. The van der Waals surface area contributed by atoms with E-state index in [4.69, 9.17) is 0 Å². The Morgan fingerprint density at radius 3 is 2.57 bits per heavy atom. The van der Waals surface area contributed by atoms with Crippen LogP contribution in [0.25, 0.3) is 0 Å². The molecular formula is C12H20O2. The monoisotopic (exact) mass is 196 g/mol. The average Bonchev–Trinajstić information content (AvgIpc) is 2.49. The molecule has 2 aliphatic carbocycles. The average molecular weight is 196 g/mol. The van der Waals surface area contributed by atoms with Crippen LogP contribution in [0.15, 0.2) is 0 Å². The van der Waals surface area contributed by atoms with Gasteiger partial charge in [0.2, 0.25) is 0 Å². The van der Waals surface area contributed by atoms with Crippen LogP contribution in [0.3, 0.4) is 0 Å². The zero-order valence-corrected chi connectivity index (χ0v) is 8.96. The highest BCUT2D eigenvalue weighted by molar-refractivity contribution is 5.87. The summed E-state index contributed by atoms with van der Waals surface area (Å²) in [6, 6.07) is 0. The summed E-state index contributed by atoms with van der Waals surface area (Å²) in [6.07, 6.45) is 6.02. The molecule has 1 N–H and O–H groups in total. The lowest BCUT2D eigenvalue weighted by molar-refractivity contribution is -0.130. The van der Waals surface area contributed by atoms with E-state index in [-0.39, 0.29) is 17.9 Å². The normalized spacial score (nSPS) is 43.4. The molecule has 2 nitrogen and oxygen atoms in total. The molecule has 2 saturated carbocycles. The molecule has 2 rings (SSSR count). The van der Waals surface area contributed by atoms with E-state index in [0.717, 1.165) is 25.2 Å². The van der Waals surface area contributed by atoms with E-state index in [1.165, 1.54) is 12.8 Å². The van der Waals surface area contributed by atoms with Gasteiger partial charge in [-0.3, -0.25) is 4.79 Å². The molecule has 0 aromatic carbocycles. The summed E-state index contributed by atoms with van der Waals surface area (Å²) in [4.78, 5) is 11.9. The van der Waals surface area contributed by atoms with Crippen LogP contribution >= 0.6 is 0 Å². The van der Waals surface area contributed by atoms with Crippen LogP contribution in [-0.2, 0) is 4.79 Å². The van der Waals surface area contributed by atoms with Crippen LogP contribution in [0.5, 0.6) is 0 Å². The highest BCUT2D eigenvalue weighted by atomic mass is 16.3. The third kappa shape index (κ3) is 1.40. The van der Waals surface area contributed by atoms with Gasteiger partial charge >= 0.3 is 0 Å². The zero-order valence-electron chi connectivity index (χ0n) is 8.96. The molecule has 1 atom stereocenters. The summed E-state index contributed by atoms with van der Waals surface area (Å²) in [7, 11) is 0. The molecule has 1 spiro atoms. The molecule has 2 heteroatoms. The maximum Gasteiger partial charge on any atom is 0.139 e. The zero-order chi connectivity index (χ0) is 10.2. The topological polar surface area (TPSA) is 37.3 Å². The van der Waals surface area contributed by atoms with Gasteiger partial charge in [-0.2, -0.15) is 0 Å². The number of aliphatic hydroxyl groups excluding tert-OH is 1. The third-order valence-electron chi connectivity index (χ3n) is 4.44. The summed E-state index contributed by atoms with van der Waals surface area (Å²) in [5.74, 6) is 1.47. The van der Waals surface area contributed by atoms with Crippen LogP contribution in [0.2, 0.25) is 0 Å². The fourth-order valence-corrected chi connectivity index (χ4v) is 3.29. The van der Waals surface area contributed by atoms with Crippen LogP contribution in [0.1, 0.15) is 45.4 Å². The molecule has 14 heavy (non-hydrogen) atoms. The lowest BCUT2D eigenvalue weighted by Crippen LogP contribution is -2.37. The quantitative estimate of drug-likeness (QED) is 0.697. The lowest BCUT2D eigenvalue weighted by atomic mass is 9.65. The van der Waals surface area contributed by atoms with Crippen LogP contribution in [-0.4, -0.2) is 17.5 Å². The van der Waals surface area contributed by atoms with Crippen LogP contribution in [0.4, 0.5) is 0 Å². The number of hydrogen-bond donors (Lipinski definition) is 1. The Bertz CT molecular complexity index is 226. The standard InChI is InChI=1S/C12H20O2/c1-9-4-6-12(7-5-9)10(8-13)2-3-11(12)14/h9-10,13H,2-8H2,1H3. The molecule has 2 aliphatic rings. The molecule has 0 heterocycles. The van der Waals surface area contributed by atoms with Crippen LogP contribution in [0, 0.1) is 17.3 Å². The first kappa shape index (κ1) is 10.2. The SMILES string of the molecule is CC1CCC2(CC1)C(=O)CCC2CO. The third-order valence-corrected chi connectivity index (χ3v) is 4.44. The van der Waals surface area contributed by atoms with Gasteiger partial charge in [-0.1, -0.05) is 6.92 Å². The molecule has 0 saturated heterocycles. The van der Waals surface area contributed by atoms with Crippen molar-refractivity contribution in [2.45, 2.75) is 45.4 Å². The van der Waals surface area contributed by atoms with Crippen molar-refractivity contribution < 1.29 is 9.90 Å². The van der Waals surface area contributed by atoms with Crippen molar-refractivity contribution >= 4 is 5.78 Å². The Morgan fingerprint density at radius 2 is 2.00 bits per heavy atom. The maximum atomic E-state index is 11.9. The lowest BCUT2D eigenvalue weighted by Gasteiger charge is -2.38. The number of Topliss-reactive ketones (excluding diaryl/α,β-unsaturated/α-hetero) is 1. The largest absolute Gasteiger partial charge is 0.396 e. The smallest absolute Gasteiger partial charge is 0.139 e. The van der Waals surface area contributed by atoms with Crippen molar-refractivity contribution in [2.24, 2.45) is 17.3 Å². The summed E-state index contributed by atoms with van der Waals surface area (Å²) in [6.45, 7) is 2.47. The molecule has 0 radical (unpaired) electrons. The first-order chi connectivity index (χ1) is 6.69. The first-order valence-corrected chi connectivity index (χ1v) is 5.83. The summed E-state index contributed by atoms with van der Waals surface area (Å²) in [5, 5.41) is 9.31. The number of aliphatic hydroxyl groups is 1. The van der Waals surface area contributed by atoms with Crippen molar-refractivity contribution in [3.8, 4) is 0 Å². The molecule has 1 unspecified atom stereocenters. The van der Waals surface area contributed by atoms with Crippen molar-refractivity contribution in [2.75, 3.05) is 6.61 Å². The van der Waals surface area contributed by atoms with Gasteiger partial charge in [-0.05, 0) is 43.9 Å². The fourth-order valence-electron chi connectivity index (χ4n) is 3.29. The van der Waals surface area contributed by atoms with Gasteiger partial charge in [-0.15, -0.1) is 0 Å². The van der Waals surface area contributed by atoms with E-state index < -0.39 is 0 Å². The molecule has 2 fully saturated rings. The highest BCUT2D eigenvalue weighted by Crippen LogP contribution is 2.51. The Morgan fingerprint density at radius 1 is 1.36 bits per heavy atom. The van der Waals surface area contributed by atoms with E-state index in [9.17, 15) is 9.90 Å². The summed E-state index contributed by atoms with van der Waals surface area (Å²) < 4.78 is 0. The van der Waals surface area contributed by atoms with Gasteiger partial charge in [0.1, 0.15) is 5.78 Å².